The van der Waals surface area contributed by atoms with E-state index >= 15 is 0 Å². The smallest absolute Gasteiger partial charge is 0.125 e. The Labute approximate surface area is 124 Å². The molecule has 106 valence electrons. The van der Waals surface area contributed by atoms with Crippen molar-refractivity contribution in [2.24, 2.45) is 0 Å². The molecule has 4 heteroatoms. The highest BCUT2D eigenvalue weighted by atomic mass is 35.5. The second kappa shape index (κ2) is 7.27. The normalized spacial score (nSPS) is 10.8. The Morgan fingerprint density at radius 1 is 1.20 bits per heavy atom. The molecule has 1 aromatic carbocycles. The first-order valence-electron chi connectivity index (χ1n) is 6.69. The molecule has 1 heterocycles. The Kier molecular flexibility index (Phi) is 5.39. The number of benzene rings is 1. The van der Waals surface area contributed by atoms with E-state index in [1.165, 1.54) is 0 Å². The van der Waals surface area contributed by atoms with Crippen LogP contribution in [0, 0.1) is 0 Å². The SMILES string of the molecule is CC(C)NCc1c(Cl)cccc1OCc1ccncc1. The molecule has 1 aromatic heterocycles. The lowest BCUT2D eigenvalue weighted by Gasteiger charge is -2.15. The van der Waals surface area contributed by atoms with E-state index in [-0.39, 0.29) is 0 Å². The van der Waals surface area contributed by atoms with Gasteiger partial charge >= 0.3 is 0 Å². The lowest BCUT2D eigenvalue weighted by atomic mass is 10.2. The molecule has 2 rings (SSSR count). The number of aromatic nitrogens is 1. The van der Waals surface area contributed by atoms with Crippen LogP contribution in [0.5, 0.6) is 5.75 Å². The Balaban J connectivity index is 2.08. The lowest BCUT2D eigenvalue weighted by Crippen LogP contribution is -2.22. The van der Waals surface area contributed by atoms with Crippen LogP contribution in [0.3, 0.4) is 0 Å². The van der Waals surface area contributed by atoms with E-state index in [1.807, 2.05) is 30.3 Å². The summed E-state index contributed by atoms with van der Waals surface area (Å²) in [6.45, 7) is 5.42. The van der Waals surface area contributed by atoms with Gasteiger partial charge < -0.3 is 10.1 Å². The van der Waals surface area contributed by atoms with Crippen LogP contribution < -0.4 is 10.1 Å². The molecule has 2 aromatic rings. The van der Waals surface area contributed by atoms with Gasteiger partial charge in [-0.15, -0.1) is 0 Å². The molecule has 0 aliphatic carbocycles. The highest BCUT2D eigenvalue weighted by Crippen LogP contribution is 2.27. The number of pyridine rings is 1. The van der Waals surface area contributed by atoms with Crippen molar-refractivity contribution in [1.82, 2.24) is 10.3 Å². The van der Waals surface area contributed by atoms with E-state index in [0.29, 0.717) is 19.2 Å². The molecule has 0 radical (unpaired) electrons. The van der Waals surface area contributed by atoms with E-state index in [9.17, 15) is 0 Å². The van der Waals surface area contributed by atoms with Crippen molar-refractivity contribution in [3.05, 3.63) is 58.9 Å². The molecule has 1 N–H and O–H groups in total. The molecule has 0 amide bonds. The van der Waals surface area contributed by atoms with Crippen LogP contribution in [-0.2, 0) is 13.2 Å². The molecule has 0 saturated carbocycles. The van der Waals surface area contributed by atoms with Crippen LogP contribution in [0.4, 0.5) is 0 Å². The van der Waals surface area contributed by atoms with E-state index in [4.69, 9.17) is 16.3 Å². The van der Waals surface area contributed by atoms with Gasteiger partial charge in [0.2, 0.25) is 0 Å². The van der Waals surface area contributed by atoms with Crippen molar-refractivity contribution in [3.63, 3.8) is 0 Å². The number of hydrogen-bond donors (Lipinski definition) is 1. The van der Waals surface area contributed by atoms with Gasteiger partial charge in [0, 0.05) is 35.6 Å². The molecule has 0 spiro atoms. The van der Waals surface area contributed by atoms with Gasteiger partial charge in [0.05, 0.1) is 0 Å². The maximum absolute atomic E-state index is 6.26. The van der Waals surface area contributed by atoms with E-state index in [1.54, 1.807) is 12.4 Å². The van der Waals surface area contributed by atoms with E-state index in [0.717, 1.165) is 21.9 Å². The van der Waals surface area contributed by atoms with Crippen molar-refractivity contribution in [1.29, 1.82) is 0 Å². The highest BCUT2D eigenvalue weighted by Gasteiger charge is 2.09. The fraction of sp³-hybridized carbons (Fsp3) is 0.312. The number of ether oxygens (including phenoxy) is 1. The Bertz CT molecular complexity index is 543. The first kappa shape index (κ1) is 14.8. The highest BCUT2D eigenvalue weighted by molar-refractivity contribution is 6.31. The number of hydrogen-bond acceptors (Lipinski definition) is 3. The zero-order chi connectivity index (χ0) is 14.4. The van der Waals surface area contributed by atoms with Gasteiger partial charge in [0.25, 0.3) is 0 Å². The van der Waals surface area contributed by atoms with Crippen LogP contribution in [-0.4, -0.2) is 11.0 Å². The summed E-state index contributed by atoms with van der Waals surface area (Å²) in [5, 5.41) is 4.09. The van der Waals surface area contributed by atoms with E-state index in [2.05, 4.69) is 24.1 Å². The van der Waals surface area contributed by atoms with Crippen molar-refractivity contribution >= 4 is 11.6 Å². The summed E-state index contributed by atoms with van der Waals surface area (Å²) in [7, 11) is 0. The fourth-order valence-electron chi connectivity index (χ4n) is 1.79. The average molecular weight is 291 g/mol. The molecule has 20 heavy (non-hydrogen) atoms. The maximum Gasteiger partial charge on any atom is 0.125 e. The van der Waals surface area contributed by atoms with Crippen LogP contribution >= 0.6 is 11.6 Å². The number of nitrogens with zero attached hydrogens (tertiary/aromatic N) is 1. The number of nitrogens with one attached hydrogen (secondary N) is 1. The number of rotatable bonds is 6. The monoisotopic (exact) mass is 290 g/mol. The predicted molar refractivity (Wildman–Crippen MR) is 82.0 cm³/mol. The van der Waals surface area contributed by atoms with Crippen LogP contribution in [0.1, 0.15) is 25.0 Å². The van der Waals surface area contributed by atoms with Gasteiger partial charge in [-0.1, -0.05) is 31.5 Å². The quantitative estimate of drug-likeness (QED) is 0.878. The second-order valence-electron chi connectivity index (χ2n) is 4.90. The summed E-state index contributed by atoms with van der Waals surface area (Å²) >= 11 is 6.26. The minimum atomic E-state index is 0.402. The zero-order valence-electron chi connectivity index (χ0n) is 11.8. The first-order chi connectivity index (χ1) is 9.66. The Hall–Kier alpha value is -1.58. The van der Waals surface area contributed by atoms with Crippen molar-refractivity contribution in [3.8, 4) is 5.75 Å². The summed E-state index contributed by atoms with van der Waals surface area (Å²) in [5.41, 5.74) is 2.08. The maximum atomic E-state index is 6.26. The van der Waals surface area contributed by atoms with Gasteiger partial charge in [-0.25, -0.2) is 0 Å². The summed E-state index contributed by atoms with van der Waals surface area (Å²) in [6, 6.07) is 10.0. The zero-order valence-corrected chi connectivity index (χ0v) is 12.5. The van der Waals surface area contributed by atoms with Crippen molar-refractivity contribution in [2.45, 2.75) is 33.0 Å². The molecule has 0 fully saturated rings. The lowest BCUT2D eigenvalue weighted by molar-refractivity contribution is 0.301. The third-order valence-electron chi connectivity index (χ3n) is 2.91. The van der Waals surface area contributed by atoms with Crippen LogP contribution in [0.2, 0.25) is 5.02 Å². The fourth-order valence-corrected chi connectivity index (χ4v) is 2.02. The third kappa shape index (κ3) is 4.22. The largest absolute Gasteiger partial charge is 0.489 e. The molecular weight excluding hydrogens is 272 g/mol. The van der Waals surface area contributed by atoms with Crippen molar-refractivity contribution in [2.75, 3.05) is 0 Å². The second-order valence-corrected chi connectivity index (χ2v) is 5.30. The van der Waals surface area contributed by atoms with Gasteiger partial charge in [-0.2, -0.15) is 0 Å². The van der Waals surface area contributed by atoms with Gasteiger partial charge in [-0.05, 0) is 29.8 Å². The van der Waals surface area contributed by atoms with E-state index < -0.39 is 0 Å². The predicted octanol–water partition coefficient (Wildman–Crippen LogP) is 3.81. The summed E-state index contributed by atoms with van der Waals surface area (Å²) in [4.78, 5) is 3.99. The molecule has 0 aliphatic rings. The third-order valence-corrected chi connectivity index (χ3v) is 3.26. The first-order valence-corrected chi connectivity index (χ1v) is 7.07. The average Bonchev–Trinajstić information content (AvgIpc) is 2.45. The number of halogens is 1. The Morgan fingerprint density at radius 2 is 1.95 bits per heavy atom. The van der Waals surface area contributed by atoms with Gasteiger partial charge in [0.1, 0.15) is 12.4 Å². The molecule has 0 atom stereocenters. The minimum Gasteiger partial charge on any atom is -0.489 e. The Morgan fingerprint density at radius 3 is 2.65 bits per heavy atom. The molecular formula is C16H19ClN2O. The van der Waals surface area contributed by atoms with Gasteiger partial charge in [-0.3, -0.25) is 4.98 Å². The summed E-state index contributed by atoms with van der Waals surface area (Å²) < 4.78 is 5.88. The molecule has 0 aliphatic heterocycles. The van der Waals surface area contributed by atoms with Crippen LogP contribution in [0.15, 0.2) is 42.7 Å². The molecule has 0 bridgehead atoms. The summed E-state index contributed by atoms with van der Waals surface area (Å²) in [5.74, 6) is 0.822. The minimum absolute atomic E-state index is 0.402. The standard InChI is InChI=1S/C16H19ClN2O/c1-12(2)19-10-14-15(17)4-3-5-16(14)20-11-13-6-8-18-9-7-13/h3-9,12,19H,10-11H2,1-2H3. The summed E-state index contributed by atoms with van der Waals surface area (Å²) in [6.07, 6.45) is 3.52. The van der Waals surface area contributed by atoms with Crippen LogP contribution in [0.25, 0.3) is 0 Å². The van der Waals surface area contributed by atoms with Gasteiger partial charge in [0.15, 0.2) is 0 Å². The molecule has 0 unspecified atom stereocenters. The van der Waals surface area contributed by atoms with Crippen molar-refractivity contribution < 1.29 is 4.74 Å². The topological polar surface area (TPSA) is 34.1 Å². The molecule has 3 nitrogen and oxygen atoms in total. The molecule has 0 saturated heterocycles.